The average molecular weight is 753 g/mol. The predicted octanol–water partition coefficient (Wildman–Crippen LogP) is 6.21. The summed E-state index contributed by atoms with van der Waals surface area (Å²) in [5, 5.41) is 13.0. The van der Waals surface area contributed by atoms with E-state index >= 15 is 0 Å². The fourth-order valence-corrected chi connectivity index (χ4v) is 4.43. The maximum atomic E-state index is 6.62. The Labute approximate surface area is 299 Å². The van der Waals surface area contributed by atoms with Crippen LogP contribution in [0.25, 0.3) is 0 Å². The number of ether oxygens (including phenoxy) is 2. The molecule has 0 aliphatic carbocycles. The number of rotatable bonds is 12. The summed E-state index contributed by atoms with van der Waals surface area (Å²) in [6.07, 6.45) is 0. The summed E-state index contributed by atoms with van der Waals surface area (Å²) in [5.41, 5.74) is 13.9. The number of nitrogens with zero attached hydrogens (tertiary/aromatic N) is 4. The van der Waals surface area contributed by atoms with Crippen LogP contribution in [0.5, 0.6) is 11.5 Å². The minimum absolute atomic E-state index is 0. The standard InChI is InChI=1S/C14H23N4OPS2.C12H16N2OS.C2H7N2PS.ClH/c1-10(18(2)3)8-19-12-6-4-11(5-7-12)16-14(21)17-13(15)22-9-20;1-10(14(2)3)8-15-12-6-4-11(5-7-12)13-9-16;3-2(4)6-1-5;/h4-7,10H,8-9,20H2,1-3H3,(H3,15,16,17,21);4-7,10H,8H2,1-3H3;1,5H2,(H3,3,4);1H/t2*10-;;/m11../s1. The first-order chi connectivity index (χ1) is 20.8. The summed E-state index contributed by atoms with van der Waals surface area (Å²) in [5.74, 6) is 1.67. The molecule has 2 rings (SSSR count). The number of nitrogens with one attached hydrogen (secondary N) is 2. The molecule has 0 fully saturated rings. The van der Waals surface area contributed by atoms with Gasteiger partial charge in [0.15, 0.2) is 15.4 Å². The third-order valence-electron chi connectivity index (χ3n) is 5.54. The SMILES string of the molecule is C[C@H](COc1ccc(N=C=S)cc1)N(C)C.C[C@H](COc1ccc(NC(=S)N=C(N)SCP)cc1)N(C)C.Cl.N=C(N)SCP. The molecule has 252 valence electrons. The van der Waals surface area contributed by atoms with Crippen LogP contribution in [0.2, 0.25) is 0 Å². The summed E-state index contributed by atoms with van der Waals surface area (Å²) in [6, 6.07) is 15.8. The van der Waals surface area contributed by atoms with Gasteiger partial charge in [-0.1, -0.05) is 23.5 Å². The van der Waals surface area contributed by atoms with Crippen molar-refractivity contribution in [3.63, 3.8) is 0 Å². The number of anilines is 1. The van der Waals surface area contributed by atoms with E-state index in [1.807, 2.05) is 76.7 Å². The Balaban J connectivity index is 0. The van der Waals surface area contributed by atoms with Gasteiger partial charge in [-0.25, -0.2) is 0 Å². The number of likely N-dealkylation sites (N-methyl/N-ethyl adjacent to an activating group) is 2. The maximum Gasteiger partial charge on any atom is 0.199 e. The largest absolute Gasteiger partial charge is 0.492 e. The number of hydrogen-bond acceptors (Lipinski definition) is 10. The van der Waals surface area contributed by atoms with Crippen LogP contribution in [-0.2, 0) is 0 Å². The number of amidine groups is 2. The predicted molar refractivity (Wildman–Crippen MR) is 216 cm³/mol. The lowest BCUT2D eigenvalue weighted by molar-refractivity contribution is 0.198. The number of hydrogen-bond donors (Lipinski definition) is 4. The molecule has 17 heteroatoms. The molecular formula is C28H47ClN8O2P2S4. The van der Waals surface area contributed by atoms with Crippen molar-refractivity contribution < 1.29 is 9.47 Å². The molecule has 45 heavy (non-hydrogen) atoms. The van der Waals surface area contributed by atoms with E-state index in [9.17, 15) is 0 Å². The van der Waals surface area contributed by atoms with E-state index in [2.05, 4.69) is 74.8 Å². The van der Waals surface area contributed by atoms with E-state index in [1.54, 1.807) is 0 Å². The van der Waals surface area contributed by atoms with E-state index in [1.165, 1.54) is 23.5 Å². The molecule has 0 aliphatic heterocycles. The van der Waals surface area contributed by atoms with Crippen LogP contribution in [0.15, 0.2) is 58.5 Å². The number of halogens is 1. The Morgan fingerprint density at radius 1 is 0.911 bits per heavy atom. The second-order valence-electron chi connectivity index (χ2n) is 9.34. The summed E-state index contributed by atoms with van der Waals surface area (Å²) in [7, 11) is 13.2. The lowest BCUT2D eigenvalue weighted by Gasteiger charge is -2.20. The Hall–Kier alpha value is -1.56. The monoisotopic (exact) mass is 752 g/mol. The zero-order valence-electron chi connectivity index (χ0n) is 26.6. The number of nitrogens with two attached hydrogens (primary N) is 2. The van der Waals surface area contributed by atoms with Crippen LogP contribution in [-0.4, -0.2) is 94.9 Å². The molecule has 2 aromatic carbocycles. The van der Waals surface area contributed by atoms with Crippen molar-refractivity contribution in [2.24, 2.45) is 21.5 Å². The molecular weight excluding hydrogens is 706 g/mol. The lowest BCUT2D eigenvalue weighted by atomic mass is 10.3. The topological polar surface area (TPSA) is 138 Å². The van der Waals surface area contributed by atoms with E-state index in [0.29, 0.717) is 35.6 Å². The molecule has 0 saturated heterocycles. The molecule has 6 N–H and O–H groups in total. The fourth-order valence-electron chi connectivity index (χ4n) is 2.49. The zero-order valence-corrected chi connectivity index (χ0v) is 32.9. The first-order valence-electron chi connectivity index (χ1n) is 13.3. The Morgan fingerprint density at radius 2 is 1.36 bits per heavy atom. The van der Waals surface area contributed by atoms with Crippen molar-refractivity contribution in [1.82, 2.24) is 9.80 Å². The average Bonchev–Trinajstić information content (AvgIpc) is 2.96. The van der Waals surface area contributed by atoms with Crippen molar-refractivity contribution in [3.8, 4) is 11.5 Å². The molecule has 10 nitrogen and oxygen atoms in total. The van der Waals surface area contributed by atoms with Gasteiger partial charge in [0.2, 0.25) is 0 Å². The van der Waals surface area contributed by atoms with Crippen molar-refractivity contribution in [2.45, 2.75) is 25.9 Å². The van der Waals surface area contributed by atoms with E-state index < -0.39 is 0 Å². The highest BCUT2D eigenvalue weighted by Gasteiger charge is 2.06. The minimum Gasteiger partial charge on any atom is -0.492 e. The van der Waals surface area contributed by atoms with Crippen molar-refractivity contribution in [1.29, 1.82) is 5.41 Å². The van der Waals surface area contributed by atoms with Gasteiger partial charge in [0, 0.05) is 28.8 Å². The molecule has 4 atom stereocenters. The van der Waals surface area contributed by atoms with Crippen LogP contribution >= 0.6 is 78.8 Å². The fraction of sp³-hybridized carbons (Fsp3) is 0.429. The second-order valence-corrected chi connectivity index (χ2v) is 14.0. The van der Waals surface area contributed by atoms with E-state index in [4.69, 9.17) is 38.6 Å². The van der Waals surface area contributed by atoms with Gasteiger partial charge >= 0.3 is 0 Å². The van der Waals surface area contributed by atoms with Crippen LogP contribution in [0.4, 0.5) is 11.4 Å². The normalized spacial score (nSPS) is 11.7. The van der Waals surface area contributed by atoms with E-state index in [-0.39, 0.29) is 17.6 Å². The number of thiocarbonyl (C=S) groups is 2. The highest BCUT2D eigenvalue weighted by molar-refractivity contribution is 8.16. The first-order valence-corrected chi connectivity index (χ1v) is 17.8. The molecule has 0 heterocycles. The molecule has 0 radical (unpaired) electrons. The lowest BCUT2D eigenvalue weighted by Crippen LogP contribution is -2.30. The summed E-state index contributed by atoms with van der Waals surface area (Å²) < 4.78 is 11.4. The van der Waals surface area contributed by atoms with Gasteiger partial charge in [-0.15, -0.1) is 30.9 Å². The van der Waals surface area contributed by atoms with Gasteiger partial charge < -0.3 is 36.1 Å². The van der Waals surface area contributed by atoms with Gasteiger partial charge in [-0.3, -0.25) is 5.41 Å². The number of benzene rings is 2. The van der Waals surface area contributed by atoms with Gasteiger partial charge in [-0.05, 0) is 115 Å². The van der Waals surface area contributed by atoms with Crippen LogP contribution < -0.4 is 26.3 Å². The maximum absolute atomic E-state index is 6.62. The Bertz CT molecular complexity index is 1190. The van der Waals surface area contributed by atoms with Crippen LogP contribution in [0.1, 0.15) is 13.8 Å². The first kappa shape index (κ1) is 45.6. The van der Waals surface area contributed by atoms with Crippen molar-refractivity contribution >= 4 is 111 Å². The highest BCUT2D eigenvalue weighted by atomic mass is 35.5. The van der Waals surface area contributed by atoms with Gasteiger partial charge in [0.25, 0.3) is 0 Å². The van der Waals surface area contributed by atoms with Crippen molar-refractivity contribution in [2.75, 3.05) is 57.7 Å². The zero-order chi connectivity index (χ0) is 33.5. The highest BCUT2D eigenvalue weighted by Crippen LogP contribution is 2.18. The second kappa shape index (κ2) is 27.5. The van der Waals surface area contributed by atoms with Gasteiger partial charge in [-0.2, -0.15) is 9.98 Å². The minimum atomic E-state index is 0. The molecule has 0 aromatic heterocycles. The third-order valence-corrected chi connectivity index (χ3v) is 7.86. The number of thioether (sulfide) groups is 2. The number of isothiocyanates is 1. The summed E-state index contributed by atoms with van der Waals surface area (Å²) in [4.78, 5) is 12.2. The quantitative estimate of drug-likeness (QED) is 0.0853. The number of aliphatic imine (C=N–C) groups is 2. The molecule has 0 bridgehead atoms. The smallest absolute Gasteiger partial charge is 0.199 e. The Kier molecular flexibility index (Phi) is 27.9. The molecule has 0 saturated carbocycles. The van der Waals surface area contributed by atoms with Crippen LogP contribution in [0, 0.1) is 5.41 Å². The summed E-state index contributed by atoms with van der Waals surface area (Å²) in [6.45, 7) is 5.54. The molecule has 2 aromatic rings. The van der Waals surface area contributed by atoms with Gasteiger partial charge in [0.05, 0.1) is 10.8 Å². The Morgan fingerprint density at radius 3 is 1.71 bits per heavy atom. The van der Waals surface area contributed by atoms with Crippen molar-refractivity contribution in [3.05, 3.63) is 48.5 Å². The summed E-state index contributed by atoms with van der Waals surface area (Å²) >= 11 is 12.4. The molecule has 0 spiro atoms. The molecule has 0 aliphatic rings. The molecule has 2 unspecified atom stereocenters. The van der Waals surface area contributed by atoms with E-state index in [0.717, 1.165) is 33.9 Å². The van der Waals surface area contributed by atoms with Crippen LogP contribution in [0.3, 0.4) is 0 Å². The third kappa shape index (κ3) is 24.3. The van der Waals surface area contributed by atoms with Gasteiger partial charge in [0.1, 0.15) is 24.7 Å². The molecule has 0 amide bonds.